The summed E-state index contributed by atoms with van der Waals surface area (Å²) in [5.41, 5.74) is 2.21. The van der Waals surface area contributed by atoms with E-state index in [0.717, 1.165) is 24.0 Å². The molecule has 4 nitrogen and oxygen atoms in total. The summed E-state index contributed by atoms with van der Waals surface area (Å²) in [6.45, 7) is 4.05. The monoisotopic (exact) mass is 306 g/mol. The molecule has 0 saturated carbocycles. The van der Waals surface area contributed by atoms with E-state index in [1.807, 2.05) is 38.1 Å². The van der Waals surface area contributed by atoms with E-state index in [9.17, 15) is 8.42 Å². The Bertz CT molecular complexity index is 618. The highest BCUT2D eigenvalue weighted by atomic mass is 32.3. The second-order valence-corrected chi connectivity index (χ2v) is 5.72. The summed E-state index contributed by atoms with van der Waals surface area (Å²) in [4.78, 5) is 0. The van der Waals surface area contributed by atoms with Gasteiger partial charge in [-0.05, 0) is 48.2 Å². The largest absolute Gasteiger partial charge is 0.500 e. The van der Waals surface area contributed by atoms with Gasteiger partial charge in [-0.1, -0.05) is 38.1 Å². The molecular weight excluding hydrogens is 288 g/mol. The van der Waals surface area contributed by atoms with Gasteiger partial charge in [-0.2, -0.15) is 0 Å². The molecule has 2 rings (SSSR count). The van der Waals surface area contributed by atoms with Crippen molar-refractivity contribution in [2.75, 3.05) is 0 Å². The summed E-state index contributed by atoms with van der Waals surface area (Å²) in [6, 6.07) is 13.7. The fraction of sp³-hybridized carbons (Fsp3) is 0.250. The smallest absolute Gasteiger partial charge is 0.353 e. The third-order valence-electron chi connectivity index (χ3n) is 3.06. The molecule has 0 aliphatic heterocycles. The van der Waals surface area contributed by atoms with E-state index in [-0.39, 0.29) is 11.5 Å². The third kappa shape index (κ3) is 4.49. The highest BCUT2D eigenvalue weighted by Crippen LogP contribution is 2.19. The maximum Gasteiger partial charge on any atom is 0.500 e. The van der Waals surface area contributed by atoms with Crippen LogP contribution in [0.3, 0.4) is 0 Å². The van der Waals surface area contributed by atoms with Crippen molar-refractivity contribution in [3.05, 3.63) is 59.7 Å². The fourth-order valence-electron chi connectivity index (χ4n) is 1.81. The lowest BCUT2D eigenvalue weighted by Crippen LogP contribution is -2.16. The van der Waals surface area contributed by atoms with Crippen LogP contribution in [-0.2, 0) is 23.2 Å². The molecule has 21 heavy (non-hydrogen) atoms. The van der Waals surface area contributed by atoms with E-state index in [4.69, 9.17) is 8.37 Å². The predicted octanol–water partition coefficient (Wildman–Crippen LogP) is 3.51. The van der Waals surface area contributed by atoms with Crippen LogP contribution in [0.4, 0.5) is 0 Å². The highest BCUT2D eigenvalue weighted by Gasteiger charge is 2.15. The minimum atomic E-state index is -4.13. The summed E-state index contributed by atoms with van der Waals surface area (Å²) < 4.78 is 33.5. The number of hydrogen-bond donors (Lipinski definition) is 0. The average molecular weight is 306 g/mol. The van der Waals surface area contributed by atoms with Gasteiger partial charge in [0.15, 0.2) is 0 Å². The van der Waals surface area contributed by atoms with Crippen LogP contribution in [0, 0.1) is 0 Å². The zero-order valence-corrected chi connectivity index (χ0v) is 12.9. The quantitative estimate of drug-likeness (QED) is 0.819. The Labute approximate surface area is 125 Å². The van der Waals surface area contributed by atoms with Gasteiger partial charge in [-0.3, -0.25) is 0 Å². The summed E-state index contributed by atoms with van der Waals surface area (Å²) >= 11 is 0. The lowest BCUT2D eigenvalue weighted by Gasteiger charge is -2.08. The second kappa shape index (κ2) is 6.63. The van der Waals surface area contributed by atoms with E-state index in [2.05, 4.69) is 0 Å². The van der Waals surface area contributed by atoms with Gasteiger partial charge in [-0.25, -0.2) is 0 Å². The molecule has 0 heterocycles. The Morgan fingerprint density at radius 2 is 1.05 bits per heavy atom. The van der Waals surface area contributed by atoms with Crippen LogP contribution in [0.1, 0.15) is 25.0 Å². The van der Waals surface area contributed by atoms with Gasteiger partial charge in [-0.15, -0.1) is 8.42 Å². The van der Waals surface area contributed by atoms with Gasteiger partial charge in [0.2, 0.25) is 0 Å². The first-order chi connectivity index (χ1) is 10.0. The molecule has 2 aromatic rings. The second-order valence-electron chi connectivity index (χ2n) is 4.57. The standard InChI is InChI=1S/C16H18O4S/c1-3-13-5-9-15(10-6-13)19-21(17,18)20-16-11-7-14(4-2)8-12-16/h5-12H,3-4H2,1-2H3. The van der Waals surface area contributed by atoms with Crippen molar-refractivity contribution in [2.24, 2.45) is 0 Å². The van der Waals surface area contributed by atoms with Gasteiger partial charge in [0.05, 0.1) is 0 Å². The van der Waals surface area contributed by atoms with Gasteiger partial charge in [0.25, 0.3) is 0 Å². The molecular formula is C16H18O4S. The molecule has 0 bridgehead atoms. The molecule has 0 unspecified atom stereocenters. The molecule has 0 amide bonds. The summed E-state index contributed by atoms with van der Waals surface area (Å²) in [5, 5.41) is 0. The van der Waals surface area contributed by atoms with E-state index < -0.39 is 10.4 Å². The van der Waals surface area contributed by atoms with Gasteiger partial charge in [0, 0.05) is 0 Å². The van der Waals surface area contributed by atoms with Crippen molar-refractivity contribution >= 4 is 10.4 Å². The van der Waals surface area contributed by atoms with Crippen LogP contribution >= 0.6 is 0 Å². The summed E-state index contributed by atoms with van der Waals surface area (Å²) in [5.74, 6) is 0.467. The van der Waals surface area contributed by atoms with Crippen LogP contribution in [0.15, 0.2) is 48.5 Å². The van der Waals surface area contributed by atoms with Crippen LogP contribution < -0.4 is 8.37 Å². The number of rotatable bonds is 6. The van der Waals surface area contributed by atoms with Gasteiger partial charge >= 0.3 is 10.4 Å². The van der Waals surface area contributed by atoms with Gasteiger partial charge in [0.1, 0.15) is 11.5 Å². The van der Waals surface area contributed by atoms with E-state index in [1.54, 1.807) is 24.3 Å². The maximum atomic E-state index is 11.8. The van der Waals surface area contributed by atoms with Crippen LogP contribution in [-0.4, -0.2) is 8.42 Å². The Kier molecular flexibility index (Phi) is 4.85. The molecule has 0 aliphatic carbocycles. The van der Waals surface area contributed by atoms with E-state index in [0.29, 0.717) is 0 Å². The molecule has 0 N–H and O–H groups in total. The Hall–Kier alpha value is -2.01. The first kappa shape index (κ1) is 15.4. The molecule has 0 fully saturated rings. The summed E-state index contributed by atoms with van der Waals surface area (Å²) in [6.07, 6.45) is 1.76. The minimum absolute atomic E-state index is 0.234. The van der Waals surface area contributed by atoms with Crippen molar-refractivity contribution in [1.29, 1.82) is 0 Å². The molecule has 5 heteroatoms. The third-order valence-corrected chi connectivity index (χ3v) is 3.85. The molecule has 2 aromatic carbocycles. The average Bonchev–Trinajstić information content (AvgIpc) is 2.48. The first-order valence-corrected chi connectivity index (χ1v) is 8.17. The number of aryl methyl sites for hydroxylation is 2. The lowest BCUT2D eigenvalue weighted by molar-refractivity contribution is 0.392. The van der Waals surface area contributed by atoms with Crippen molar-refractivity contribution < 1.29 is 16.8 Å². The van der Waals surface area contributed by atoms with Crippen molar-refractivity contribution in [1.82, 2.24) is 0 Å². The molecule has 0 aromatic heterocycles. The molecule has 0 saturated heterocycles. The molecule has 112 valence electrons. The topological polar surface area (TPSA) is 52.6 Å². The van der Waals surface area contributed by atoms with Crippen LogP contribution in [0.2, 0.25) is 0 Å². The Morgan fingerprint density at radius 3 is 1.33 bits per heavy atom. The number of hydrogen-bond acceptors (Lipinski definition) is 4. The summed E-state index contributed by atoms with van der Waals surface area (Å²) in [7, 11) is -4.13. The van der Waals surface area contributed by atoms with E-state index >= 15 is 0 Å². The minimum Gasteiger partial charge on any atom is -0.353 e. The zero-order chi connectivity index (χ0) is 15.3. The highest BCUT2D eigenvalue weighted by molar-refractivity contribution is 7.82. The molecule has 0 spiro atoms. The van der Waals surface area contributed by atoms with Crippen molar-refractivity contribution in [2.45, 2.75) is 26.7 Å². The van der Waals surface area contributed by atoms with Crippen LogP contribution in [0.25, 0.3) is 0 Å². The fourth-order valence-corrected chi connectivity index (χ4v) is 2.54. The van der Waals surface area contributed by atoms with E-state index in [1.165, 1.54) is 0 Å². The predicted molar refractivity (Wildman–Crippen MR) is 81.8 cm³/mol. The molecule has 0 radical (unpaired) electrons. The lowest BCUT2D eigenvalue weighted by atomic mass is 10.2. The van der Waals surface area contributed by atoms with Crippen LogP contribution in [0.5, 0.6) is 11.5 Å². The SMILES string of the molecule is CCc1ccc(OS(=O)(=O)Oc2ccc(CC)cc2)cc1. The maximum absolute atomic E-state index is 11.8. The zero-order valence-electron chi connectivity index (χ0n) is 12.1. The number of benzene rings is 2. The molecule has 0 aliphatic rings. The van der Waals surface area contributed by atoms with Crippen molar-refractivity contribution in [3.8, 4) is 11.5 Å². The van der Waals surface area contributed by atoms with Gasteiger partial charge < -0.3 is 8.37 Å². The Balaban J connectivity index is 2.06. The Morgan fingerprint density at radius 1 is 0.714 bits per heavy atom. The first-order valence-electron chi connectivity index (χ1n) is 6.84. The van der Waals surface area contributed by atoms with Crippen molar-refractivity contribution in [3.63, 3.8) is 0 Å². The normalized spacial score (nSPS) is 11.1. The molecule has 0 atom stereocenters.